The van der Waals surface area contributed by atoms with Gasteiger partial charge >= 0.3 is 0 Å². The molecule has 0 N–H and O–H groups in total. The number of rotatable bonds is 6. The van der Waals surface area contributed by atoms with Crippen LogP contribution in [0.2, 0.25) is 0 Å². The van der Waals surface area contributed by atoms with Crippen LogP contribution in [0.5, 0.6) is 0 Å². The van der Waals surface area contributed by atoms with Crippen molar-refractivity contribution in [3.05, 3.63) is 154 Å². The molecule has 0 bridgehead atoms. The summed E-state index contributed by atoms with van der Waals surface area (Å²) in [5.41, 5.74) is 9.29. The largest absolute Gasteiger partial charge is 0.294 e. The third-order valence-corrected chi connectivity index (χ3v) is 6.78. The topological polar surface area (TPSA) is 34.1 Å². The number of hydrogen-bond acceptors (Lipinski definition) is 2. The predicted octanol–water partition coefficient (Wildman–Crippen LogP) is 7.85. The first kappa shape index (κ1) is 23.4. The van der Waals surface area contributed by atoms with Gasteiger partial charge in [-0.15, -0.1) is 0 Å². The SMILES string of the molecule is Cc1ccc(C(=O)C/C(=C\C(=C2\Cc3ccccc3C2=O)c2ccc(C)cc2)c2ccccc2)cc1. The lowest BCUT2D eigenvalue weighted by atomic mass is 9.90. The van der Waals surface area contributed by atoms with Crippen LogP contribution in [0, 0.1) is 13.8 Å². The van der Waals surface area contributed by atoms with Crippen LogP contribution < -0.4 is 0 Å². The molecule has 4 aromatic rings. The van der Waals surface area contributed by atoms with Crippen LogP contribution in [0.1, 0.15) is 55.0 Å². The van der Waals surface area contributed by atoms with Crippen LogP contribution in [-0.2, 0) is 6.42 Å². The Bertz CT molecular complexity index is 1490. The molecule has 0 fully saturated rings. The summed E-state index contributed by atoms with van der Waals surface area (Å²) in [6.07, 6.45) is 2.89. The van der Waals surface area contributed by atoms with Crippen LogP contribution in [0.4, 0.5) is 0 Å². The second kappa shape index (κ2) is 10.1. The molecule has 0 saturated carbocycles. The summed E-state index contributed by atoms with van der Waals surface area (Å²) in [6, 6.07) is 33.8. The van der Waals surface area contributed by atoms with E-state index in [1.54, 1.807) is 0 Å². The summed E-state index contributed by atoms with van der Waals surface area (Å²) in [7, 11) is 0. The van der Waals surface area contributed by atoms with Gasteiger partial charge in [0.2, 0.25) is 0 Å². The van der Waals surface area contributed by atoms with Gasteiger partial charge in [0.15, 0.2) is 11.6 Å². The summed E-state index contributed by atoms with van der Waals surface area (Å²) in [4.78, 5) is 26.9. The quantitative estimate of drug-likeness (QED) is 0.213. The first-order chi connectivity index (χ1) is 17.5. The predicted molar refractivity (Wildman–Crippen MR) is 147 cm³/mol. The molecule has 4 aromatic carbocycles. The fourth-order valence-electron chi connectivity index (χ4n) is 4.70. The summed E-state index contributed by atoms with van der Waals surface area (Å²) in [5, 5.41) is 0. The highest BCUT2D eigenvalue weighted by molar-refractivity contribution is 6.18. The first-order valence-corrected chi connectivity index (χ1v) is 12.3. The number of carbonyl (C=O) groups excluding carboxylic acids is 2. The third kappa shape index (κ3) is 4.89. The zero-order valence-electron chi connectivity index (χ0n) is 20.6. The van der Waals surface area contributed by atoms with Crippen molar-refractivity contribution in [3.8, 4) is 0 Å². The third-order valence-electron chi connectivity index (χ3n) is 6.78. The monoisotopic (exact) mass is 468 g/mol. The number of benzene rings is 4. The lowest BCUT2D eigenvalue weighted by Gasteiger charge is -2.13. The molecule has 2 nitrogen and oxygen atoms in total. The fraction of sp³-hybridized carbons (Fsp3) is 0.118. The molecule has 0 aliphatic heterocycles. The molecule has 1 aliphatic rings. The fourth-order valence-corrected chi connectivity index (χ4v) is 4.70. The number of fused-ring (bicyclic) bond motifs is 1. The van der Waals surface area contributed by atoms with Gasteiger partial charge in [-0.3, -0.25) is 9.59 Å². The Morgan fingerprint density at radius 1 is 0.694 bits per heavy atom. The normalized spacial score (nSPS) is 14.5. The second-order valence-electron chi connectivity index (χ2n) is 9.42. The van der Waals surface area contributed by atoms with Gasteiger partial charge in [0, 0.05) is 29.5 Å². The number of allylic oxidation sites excluding steroid dienone is 4. The molecule has 0 aromatic heterocycles. The van der Waals surface area contributed by atoms with E-state index >= 15 is 0 Å². The van der Waals surface area contributed by atoms with Gasteiger partial charge in [-0.05, 0) is 47.8 Å². The van der Waals surface area contributed by atoms with Crippen LogP contribution in [-0.4, -0.2) is 11.6 Å². The smallest absolute Gasteiger partial charge is 0.190 e. The van der Waals surface area contributed by atoms with Crippen LogP contribution in [0.15, 0.2) is 115 Å². The molecule has 0 spiro atoms. The van der Waals surface area contributed by atoms with Gasteiger partial charge in [0.25, 0.3) is 0 Å². The average molecular weight is 469 g/mol. The summed E-state index contributed by atoms with van der Waals surface area (Å²) in [5.74, 6) is 0.120. The van der Waals surface area contributed by atoms with E-state index < -0.39 is 0 Å². The van der Waals surface area contributed by atoms with Gasteiger partial charge in [-0.2, -0.15) is 0 Å². The maximum Gasteiger partial charge on any atom is 0.190 e. The van der Waals surface area contributed by atoms with Crippen LogP contribution in [0.25, 0.3) is 11.1 Å². The Balaban J connectivity index is 1.65. The summed E-state index contributed by atoms with van der Waals surface area (Å²) < 4.78 is 0. The molecular formula is C34H28O2. The zero-order valence-corrected chi connectivity index (χ0v) is 20.6. The molecule has 2 heteroatoms. The maximum atomic E-state index is 13.5. The molecule has 1 aliphatic carbocycles. The van der Waals surface area contributed by atoms with E-state index in [-0.39, 0.29) is 18.0 Å². The number of hydrogen-bond donors (Lipinski definition) is 0. The molecule has 5 rings (SSSR count). The summed E-state index contributed by atoms with van der Waals surface area (Å²) >= 11 is 0. The van der Waals surface area contributed by atoms with Crippen molar-refractivity contribution in [2.45, 2.75) is 26.7 Å². The van der Waals surface area contributed by atoms with E-state index in [4.69, 9.17) is 0 Å². The lowest BCUT2D eigenvalue weighted by Crippen LogP contribution is -2.03. The van der Waals surface area contributed by atoms with Crippen molar-refractivity contribution < 1.29 is 9.59 Å². The van der Waals surface area contributed by atoms with E-state index in [0.29, 0.717) is 12.0 Å². The van der Waals surface area contributed by atoms with Crippen molar-refractivity contribution in [1.29, 1.82) is 0 Å². The number of aryl methyl sites for hydroxylation is 2. The highest BCUT2D eigenvalue weighted by atomic mass is 16.1. The van der Waals surface area contributed by atoms with Crippen molar-refractivity contribution in [1.82, 2.24) is 0 Å². The van der Waals surface area contributed by atoms with E-state index in [1.807, 2.05) is 85.8 Å². The number of Topliss-reactive ketones (excluding diaryl/α,β-unsaturated/α-hetero) is 2. The molecule has 0 unspecified atom stereocenters. The average Bonchev–Trinajstić information content (AvgIpc) is 3.24. The number of carbonyl (C=O) groups is 2. The van der Waals surface area contributed by atoms with Crippen molar-refractivity contribution in [3.63, 3.8) is 0 Å². The van der Waals surface area contributed by atoms with Crippen molar-refractivity contribution in [2.24, 2.45) is 0 Å². The lowest BCUT2D eigenvalue weighted by molar-refractivity contribution is 0.0997. The Labute approximate surface area is 212 Å². The van der Waals surface area contributed by atoms with E-state index in [0.717, 1.165) is 50.1 Å². The highest BCUT2D eigenvalue weighted by Crippen LogP contribution is 2.35. The Morgan fingerprint density at radius 3 is 1.92 bits per heavy atom. The highest BCUT2D eigenvalue weighted by Gasteiger charge is 2.27. The van der Waals surface area contributed by atoms with Crippen molar-refractivity contribution >= 4 is 22.7 Å². The van der Waals surface area contributed by atoms with Crippen LogP contribution >= 0.6 is 0 Å². The minimum Gasteiger partial charge on any atom is -0.294 e. The molecule has 0 heterocycles. The molecule has 36 heavy (non-hydrogen) atoms. The molecular weight excluding hydrogens is 440 g/mol. The number of ketones is 2. The Morgan fingerprint density at radius 2 is 1.28 bits per heavy atom. The van der Waals surface area contributed by atoms with Gasteiger partial charge in [0.05, 0.1) is 0 Å². The Hall–Kier alpha value is -4.30. The summed E-state index contributed by atoms with van der Waals surface area (Å²) in [6.45, 7) is 4.07. The van der Waals surface area contributed by atoms with Crippen LogP contribution in [0.3, 0.4) is 0 Å². The standard InChI is InChI=1S/C34H28O2/c1-23-12-16-26(17-13-23)31(32-20-28-10-6-7-11-30(28)34(32)36)21-29(25-8-4-3-5-9-25)22-33(35)27-18-14-24(2)15-19-27/h3-19,21H,20,22H2,1-2H3/b29-21+,32-31+. The first-order valence-electron chi connectivity index (χ1n) is 12.3. The van der Waals surface area contributed by atoms with Gasteiger partial charge < -0.3 is 0 Å². The molecule has 0 saturated heterocycles. The van der Waals surface area contributed by atoms with Gasteiger partial charge in [-0.25, -0.2) is 0 Å². The zero-order chi connectivity index (χ0) is 25.1. The minimum atomic E-state index is 0.0550. The maximum absolute atomic E-state index is 13.5. The molecule has 0 radical (unpaired) electrons. The van der Waals surface area contributed by atoms with E-state index in [2.05, 4.69) is 37.3 Å². The van der Waals surface area contributed by atoms with Gasteiger partial charge in [0.1, 0.15) is 0 Å². The molecule has 0 atom stereocenters. The van der Waals surface area contributed by atoms with Crippen molar-refractivity contribution in [2.75, 3.05) is 0 Å². The second-order valence-corrected chi connectivity index (χ2v) is 9.42. The molecule has 176 valence electrons. The van der Waals surface area contributed by atoms with Gasteiger partial charge in [-0.1, -0.05) is 114 Å². The van der Waals surface area contributed by atoms with E-state index in [1.165, 1.54) is 0 Å². The minimum absolute atomic E-state index is 0.0550. The Kier molecular flexibility index (Phi) is 6.60. The van der Waals surface area contributed by atoms with E-state index in [9.17, 15) is 9.59 Å². The molecule has 0 amide bonds.